The molecule has 0 aliphatic rings. The van der Waals surface area contributed by atoms with Gasteiger partial charge in [0.25, 0.3) is 0 Å². The summed E-state index contributed by atoms with van der Waals surface area (Å²) in [4.78, 5) is 0. The van der Waals surface area contributed by atoms with Crippen LogP contribution in [-0.4, -0.2) is 43.3 Å². The molecule has 0 aromatic carbocycles. The number of ether oxygens (including phenoxy) is 1. The van der Waals surface area contributed by atoms with Crippen molar-refractivity contribution in [1.82, 2.24) is 0 Å². The first-order valence-corrected chi connectivity index (χ1v) is 7.11. The first-order chi connectivity index (χ1) is 6.95. The molecule has 5 heteroatoms. The normalized spacial score (nSPS) is 13.2. The molecule has 0 saturated heterocycles. The molecule has 15 heavy (non-hydrogen) atoms. The molecule has 0 atom stereocenters. The fourth-order valence-electron chi connectivity index (χ4n) is 1.48. The minimum Gasteiger partial charge on any atom is -0.381 e. The Bertz CT molecular complexity index is 161. The van der Waals surface area contributed by atoms with E-state index in [0.717, 1.165) is 12.7 Å². The maximum Gasteiger partial charge on any atom is 0.500 e. The van der Waals surface area contributed by atoms with Gasteiger partial charge in [0.2, 0.25) is 0 Å². The third kappa shape index (κ3) is 5.08. The minimum atomic E-state index is -2.48. The Morgan fingerprint density at radius 2 is 1.47 bits per heavy atom. The van der Waals surface area contributed by atoms with Crippen LogP contribution in [0.4, 0.5) is 0 Å². The zero-order chi connectivity index (χ0) is 11.9. The fraction of sp³-hybridized carbons (Fsp3) is 1.00. The fourth-order valence-corrected chi connectivity index (χ4v) is 3.69. The monoisotopic (exact) mass is 236 g/mol. The first kappa shape index (κ1) is 15.1. The number of rotatable bonds is 8. The zero-order valence-electron chi connectivity index (χ0n) is 10.8. The Morgan fingerprint density at radius 1 is 1.00 bits per heavy atom. The van der Waals surface area contributed by atoms with Gasteiger partial charge in [0.05, 0.1) is 6.61 Å². The van der Waals surface area contributed by atoms with E-state index in [1.54, 1.807) is 21.3 Å². The van der Waals surface area contributed by atoms with E-state index >= 15 is 0 Å². The van der Waals surface area contributed by atoms with Gasteiger partial charge in [-0.25, -0.2) is 0 Å². The van der Waals surface area contributed by atoms with E-state index in [1.165, 1.54) is 0 Å². The molecule has 0 aliphatic heterocycles. The van der Waals surface area contributed by atoms with E-state index < -0.39 is 8.80 Å². The van der Waals surface area contributed by atoms with Crippen molar-refractivity contribution in [3.8, 4) is 0 Å². The average Bonchev–Trinajstić information content (AvgIpc) is 2.23. The summed E-state index contributed by atoms with van der Waals surface area (Å²) in [5, 5.41) is 0. The molecule has 0 amide bonds. The molecule has 0 saturated carbocycles. The summed E-state index contributed by atoms with van der Waals surface area (Å²) in [7, 11) is 2.42. The van der Waals surface area contributed by atoms with Crippen LogP contribution in [0.25, 0.3) is 0 Å². The average molecular weight is 236 g/mol. The largest absolute Gasteiger partial charge is 0.500 e. The van der Waals surface area contributed by atoms with Crippen LogP contribution in [0.3, 0.4) is 0 Å². The molecule has 0 heterocycles. The highest BCUT2D eigenvalue weighted by atomic mass is 28.4. The van der Waals surface area contributed by atoms with Gasteiger partial charge in [-0.3, -0.25) is 0 Å². The first-order valence-electron chi connectivity index (χ1n) is 5.18. The van der Waals surface area contributed by atoms with Gasteiger partial charge >= 0.3 is 8.80 Å². The predicted molar refractivity (Wildman–Crippen MR) is 61.9 cm³/mol. The van der Waals surface area contributed by atoms with Crippen LogP contribution in [0.2, 0.25) is 6.04 Å². The van der Waals surface area contributed by atoms with Crippen LogP contribution < -0.4 is 0 Å². The second-order valence-corrected chi connectivity index (χ2v) is 7.22. The summed E-state index contributed by atoms with van der Waals surface area (Å²) in [6, 6.07) is 0.753. The van der Waals surface area contributed by atoms with Crippen molar-refractivity contribution in [2.45, 2.75) is 26.8 Å². The SMILES string of the molecule is CCOCC(C)(C)C[Si](OC)(OC)OC. The Morgan fingerprint density at radius 3 is 1.80 bits per heavy atom. The molecule has 0 spiro atoms. The minimum absolute atomic E-state index is 0.00423. The van der Waals surface area contributed by atoms with Crippen LogP contribution in [0, 0.1) is 5.41 Å². The molecule has 0 aromatic rings. The van der Waals surface area contributed by atoms with Crippen LogP contribution in [0.1, 0.15) is 20.8 Å². The summed E-state index contributed by atoms with van der Waals surface area (Å²) in [6.07, 6.45) is 0. The van der Waals surface area contributed by atoms with E-state index in [1.807, 2.05) is 6.92 Å². The van der Waals surface area contributed by atoms with E-state index in [0.29, 0.717) is 6.61 Å². The molecule has 4 nitrogen and oxygen atoms in total. The molecule has 0 bridgehead atoms. The summed E-state index contributed by atoms with van der Waals surface area (Å²) < 4.78 is 21.6. The van der Waals surface area contributed by atoms with Crippen LogP contribution in [0.5, 0.6) is 0 Å². The molecule has 0 fully saturated rings. The van der Waals surface area contributed by atoms with Gasteiger partial charge in [-0.2, -0.15) is 0 Å². The lowest BCUT2D eigenvalue weighted by Gasteiger charge is -2.33. The van der Waals surface area contributed by atoms with Gasteiger partial charge in [0.1, 0.15) is 0 Å². The lowest BCUT2D eigenvalue weighted by molar-refractivity contribution is 0.0569. The molecule has 92 valence electrons. The van der Waals surface area contributed by atoms with E-state index in [9.17, 15) is 0 Å². The molecule has 0 rings (SSSR count). The van der Waals surface area contributed by atoms with Crippen molar-refractivity contribution >= 4 is 8.80 Å². The van der Waals surface area contributed by atoms with E-state index in [-0.39, 0.29) is 5.41 Å². The highest BCUT2D eigenvalue weighted by molar-refractivity contribution is 6.60. The van der Waals surface area contributed by atoms with Crippen molar-refractivity contribution in [3.05, 3.63) is 0 Å². The maximum absolute atomic E-state index is 5.43. The highest BCUT2D eigenvalue weighted by Gasteiger charge is 2.43. The summed E-state index contributed by atoms with van der Waals surface area (Å²) in [6.45, 7) is 7.66. The van der Waals surface area contributed by atoms with Crippen molar-refractivity contribution in [2.24, 2.45) is 5.41 Å². The van der Waals surface area contributed by atoms with Crippen molar-refractivity contribution < 1.29 is 18.0 Å². The highest BCUT2D eigenvalue weighted by Crippen LogP contribution is 2.29. The van der Waals surface area contributed by atoms with Crippen molar-refractivity contribution in [2.75, 3.05) is 34.5 Å². The second kappa shape index (κ2) is 6.60. The Hall–Kier alpha value is 0.0569. The standard InChI is InChI=1S/C10H24O4Si/c1-7-14-8-10(2,3)9-15(11-4,12-5)13-6/h7-9H2,1-6H3. The van der Waals surface area contributed by atoms with Crippen LogP contribution in [0.15, 0.2) is 0 Å². The lowest BCUT2D eigenvalue weighted by atomic mass is 9.98. The molecule has 0 unspecified atom stereocenters. The van der Waals surface area contributed by atoms with E-state index in [2.05, 4.69) is 13.8 Å². The van der Waals surface area contributed by atoms with Gasteiger partial charge in [-0.1, -0.05) is 13.8 Å². The van der Waals surface area contributed by atoms with Gasteiger partial charge in [-0.05, 0) is 12.3 Å². The molecule has 0 aliphatic carbocycles. The number of hydrogen-bond donors (Lipinski definition) is 0. The molecule has 0 radical (unpaired) electrons. The lowest BCUT2D eigenvalue weighted by Crippen LogP contribution is -2.47. The second-order valence-electron chi connectivity index (χ2n) is 4.27. The molecule has 0 aromatic heterocycles. The Kier molecular flexibility index (Phi) is 6.62. The Labute approximate surface area is 94.2 Å². The third-order valence-electron chi connectivity index (χ3n) is 2.32. The van der Waals surface area contributed by atoms with Gasteiger partial charge < -0.3 is 18.0 Å². The van der Waals surface area contributed by atoms with Gasteiger partial charge in [-0.15, -0.1) is 0 Å². The van der Waals surface area contributed by atoms with Crippen molar-refractivity contribution in [3.63, 3.8) is 0 Å². The maximum atomic E-state index is 5.43. The summed E-state index contributed by atoms with van der Waals surface area (Å²) in [5.74, 6) is 0. The summed E-state index contributed by atoms with van der Waals surface area (Å²) in [5.41, 5.74) is 0.00423. The predicted octanol–water partition coefficient (Wildman–Crippen LogP) is 1.93. The van der Waals surface area contributed by atoms with Crippen LogP contribution in [-0.2, 0) is 18.0 Å². The van der Waals surface area contributed by atoms with Gasteiger partial charge in [0, 0.05) is 34.0 Å². The van der Waals surface area contributed by atoms with Crippen molar-refractivity contribution in [1.29, 1.82) is 0 Å². The Balaban J connectivity index is 4.37. The zero-order valence-corrected chi connectivity index (χ0v) is 11.8. The molecular weight excluding hydrogens is 212 g/mol. The third-order valence-corrected chi connectivity index (χ3v) is 5.58. The molecular formula is C10H24O4Si. The van der Waals surface area contributed by atoms with Gasteiger partial charge in [0.15, 0.2) is 0 Å². The number of hydrogen-bond acceptors (Lipinski definition) is 4. The van der Waals surface area contributed by atoms with E-state index in [4.69, 9.17) is 18.0 Å². The summed E-state index contributed by atoms with van der Waals surface area (Å²) >= 11 is 0. The quantitative estimate of drug-likeness (QED) is 0.603. The smallest absolute Gasteiger partial charge is 0.381 e. The van der Waals surface area contributed by atoms with Crippen LogP contribution >= 0.6 is 0 Å². The molecule has 0 N–H and O–H groups in total. The topological polar surface area (TPSA) is 36.9 Å².